The first-order valence-corrected chi connectivity index (χ1v) is 7.90. The Bertz CT molecular complexity index is 277. The predicted molar refractivity (Wildman–Crippen MR) is 75.8 cm³/mol. The van der Waals surface area contributed by atoms with Crippen LogP contribution in [0.1, 0.15) is 44.9 Å². The molecule has 1 heterocycles. The lowest BCUT2D eigenvalue weighted by Gasteiger charge is -2.31. The van der Waals surface area contributed by atoms with Gasteiger partial charge in [-0.1, -0.05) is 12.8 Å². The number of carbonyl (C=O) groups excluding carboxylic acids is 1. The van der Waals surface area contributed by atoms with Gasteiger partial charge in [0.1, 0.15) is 0 Å². The third-order valence-electron chi connectivity index (χ3n) is 4.54. The van der Waals surface area contributed by atoms with Crippen LogP contribution in [0.5, 0.6) is 0 Å². The van der Waals surface area contributed by atoms with Crippen LogP contribution in [0.3, 0.4) is 0 Å². The van der Waals surface area contributed by atoms with E-state index >= 15 is 0 Å². The summed E-state index contributed by atoms with van der Waals surface area (Å²) in [6.45, 7) is 4.33. The zero-order chi connectivity index (χ0) is 13.5. The average Bonchev–Trinajstić information content (AvgIpc) is 2.98. The Hall–Kier alpha value is -0.610. The molecule has 1 atom stereocenters. The number of amides is 1. The molecule has 0 radical (unpaired) electrons. The molecule has 1 unspecified atom stereocenters. The van der Waals surface area contributed by atoms with Crippen molar-refractivity contribution in [3.05, 3.63) is 0 Å². The van der Waals surface area contributed by atoms with E-state index in [1.807, 2.05) is 0 Å². The Labute approximate surface area is 116 Å². The zero-order valence-electron chi connectivity index (χ0n) is 11.9. The average molecular weight is 268 g/mol. The van der Waals surface area contributed by atoms with E-state index in [1.165, 1.54) is 19.3 Å². The van der Waals surface area contributed by atoms with E-state index in [0.717, 1.165) is 51.9 Å². The van der Waals surface area contributed by atoms with Gasteiger partial charge in [-0.2, -0.15) is 0 Å². The molecule has 1 saturated heterocycles. The fraction of sp³-hybridized carbons (Fsp3) is 0.933. The number of nitrogens with zero attached hydrogens (tertiary/aromatic N) is 1. The molecule has 0 aromatic carbocycles. The van der Waals surface area contributed by atoms with Crippen LogP contribution in [0.4, 0.5) is 0 Å². The van der Waals surface area contributed by atoms with Gasteiger partial charge in [-0.15, -0.1) is 0 Å². The van der Waals surface area contributed by atoms with Gasteiger partial charge < -0.3 is 15.3 Å². The number of hydrogen-bond donors (Lipinski definition) is 2. The second-order valence-corrected chi connectivity index (χ2v) is 6.12. The number of aliphatic hydroxyl groups is 1. The van der Waals surface area contributed by atoms with Crippen LogP contribution in [0.2, 0.25) is 0 Å². The van der Waals surface area contributed by atoms with Crippen LogP contribution >= 0.6 is 0 Å². The third kappa shape index (κ3) is 4.77. The summed E-state index contributed by atoms with van der Waals surface area (Å²) in [5, 5.41) is 12.3. The molecule has 2 fully saturated rings. The smallest absolute Gasteiger partial charge is 0.223 e. The van der Waals surface area contributed by atoms with Crippen LogP contribution in [0, 0.1) is 11.8 Å². The van der Waals surface area contributed by atoms with Gasteiger partial charge in [0.05, 0.1) is 0 Å². The first-order chi connectivity index (χ1) is 9.29. The molecule has 1 saturated carbocycles. The summed E-state index contributed by atoms with van der Waals surface area (Å²) in [6.07, 6.45) is 7.97. The second-order valence-electron chi connectivity index (χ2n) is 6.12. The van der Waals surface area contributed by atoms with Crippen molar-refractivity contribution in [3.63, 3.8) is 0 Å². The predicted octanol–water partition coefficient (Wildman–Crippen LogP) is 1.39. The Kier molecular flexibility index (Phi) is 6.11. The van der Waals surface area contributed by atoms with E-state index in [9.17, 15) is 9.90 Å². The number of rotatable bonds is 6. The minimum Gasteiger partial charge on any atom is -0.396 e. The number of hydrogen-bond acceptors (Lipinski definition) is 3. The fourth-order valence-electron chi connectivity index (χ4n) is 3.35. The van der Waals surface area contributed by atoms with Gasteiger partial charge in [-0.05, 0) is 51.1 Å². The maximum Gasteiger partial charge on any atom is 0.223 e. The van der Waals surface area contributed by atoms with E-state index in [1.54, 1.807) is 0 Å². The Balaban J connectivity index is 1.54. The lowest BCUT2D eigenvalue weighted by atomic mass is 9.99. The Morgan fingerprint density at radius 2 is 2.00 bits per heavy atom. The molecule has 2 rings (SSSR count). The van der Waals surface area contributed by atoms with Crippen molar-refractivity contribution >= 4 is 5.91 Å². The van der Waals surface area contributed by atoms with E-state index in [-0.39, 0.29) is 11.8 Å². The molecule has 110 valence electrons. The molecule has 0 bridgehead atoms. The van der Waals surface area contributed by atoms with Crippen LogP contribution < -0.4 is 5.32 Å². The number of nitrogens with one attached hydrogen (secondary N) is 1. The van der Waals surface area contributed by atoms with Crippen molar-refractivity contribution in [1.82, 2.24) is 10.2 Å². The Morgan fingerprint density at radius 1 is 1.21 bits per heavy atom. The van der Waals surface area contributed by atoms with Crippen molar-refractivity contribution in [2.24, 2.45) is 11.8 Å². The monoisotopic (exact) mass is 268 g/mol. The van der Waals surface area contributed by atoms with Crippen LogP contribution in [-0.2, 0) is 4.79 Å². The van der Waals surface area contributed by atoms with Crippen molar-refractivity contribution in [3.8, 4) is 0 Å². The van der Waals surface area contributed by atoms with Gasteiger partial charge in [0, 0.05) is 25.6 Å². The molecular formula is C15H28N2O2. The summed E-state index contributed by atoms with van der Waals surface area (Å²) in [4.78, 5) is 14.3. The highest BCUT2D eigenvalue weighted by atomic mass is 16.3. The summed E-state index contributed by atoms with van der Waals surface area (Å²) in [5.74, 6) is 1.01. The van der Waals surface area contributed by atoms with Gasteiger partial charge in [0.2, 0.25) is 5.91 Å². The summed E-state index contributed by atoms with van der Waals surface area (Å²) >= 11 is 0. The number of carbonyl (C=O) groups is 1. The highest BCUT2D eigenvalue weighted by molar-refractivity contribution is 5.78. The lowest BCUT2D eigenvalue weighted by molar-refractivity contribution is -0.124. The van der Waals surface area contributed by atoms with Crippen LogP contribution in [0.15, 0.2) is 0 Å². The quantitative estimate of drug-likeness (QED) is 0.716. The highest BCUT2D eigenvalue weighted by Gasteiger charge is 2.22. The van der Waals surface area contributed by atoms with Gasteiger partial charge in [-0.25, -0.2) is 0 Å². The molecule has 1 aliphatic carbocycles. The maximum absolute atomic E-state index is 11.8. The van der Waals surface area contributed by atoms with Crippen molar-refractivity contribution in [2.45, 2.75) is 44.9 Å². The fourth-order valence-corrected chi connectivity index (χ4v) is 3.35. The van der Waals surface area contributed by atoms with E-state index in [2.05, 4.69) is 10.2 Å². The van der Waals surface area contributed by atoms with Gasteiger partial charge >= 0.3 is 0 Å². The van der Waals surface area contributed by atoms with Crippen molar-refractivity contribution in [2.75, 3.05) is 32.8 Å². The van der Waals surface area contributed by atoms with Crippen molar-refractivity contribution < 1.29 is 9.90 Å². The van der Waals surface area contributed by atoms with Crippen molar-refractivity contribution in [1.29, 1.82) is 0 Å². The number of aliphatic hydroxyl groups excluding tert-OH is 1. The van der Waals surface area contributed by atoms with Gasteiger partial charge in [0.15, 0.2) is 0 Å². The van der Waals surface area contributed by atoms with E-state index in [4.69, 9.17) is 0 Å². The Morgan fingerprint density at radius 3 is 2.74 bits per heavy atom. The summed E-state index contributed by atoms with van der Waals surface area (Å²) in [5.41, 5.74) is 0. The first kappa shape index (κ1) is 14.8. The highest BCUT2D eigenvalue weighted by Crippen LogP contribution is 2.24. The zero-order valence-corrected chi connectivity index (χ0v) is 11.9. The molecule has 1 amide bonds. The van der Waals surface area contributed by atoms with E-state index in [0.29, 0.717) is 12.5 Å². The topological polar surface area (TPSA) is 52.6 Å². The number of likely N-dealkylation sites (tertiary alicyclic amines) is 1. The first-order valence-electron chi connectivity index (χ1n) is 7.90. The molecule has 0 spiro atoms. The molecule has 2 N–H and O–H groups in total. The second kappa shape index (κ2) is 7.85. The molecule has 4 nitrogen and oxygen atoms in total. The van der Waals surface area contributed by atoms with Crippen LogP contribution in [0.25, 0.3) is 0 Å². The standard InChI is InChI=1S/C15H28N2O2/c18-12-13-5-3-9-17(11-13)10-4-8-16-15(19)14-6-1-2-7-14/h13-14,18H,1-12H2,(H,16,19). The largest absolute Gasteiger partial charge is 0.396 e. The lowest BCUT2D eigenvalue weighted by Crippen LogP contribution is -2.39. The SMILES string of the molecule is O=C(NCCCN1CCCC(CO)C1)C1CCCC1. The van der Waals surface area contributed by atoms with Gasteiger partial charge in [-0.3, -0.25) is 4.79 Å². The summed E-state index contributed by atoms with van der Waals surface area (Å²) in [7, 11) is 0. The minimum atomic E-state index is 0.268. The molecular weight excluding hydrogens is 240 g/mol. The molecule has 0 aromatic rings. The van der Waals surface area contributed by atoms with E-state index < -0.39 is 0 Å². The molecule has 2 aliphatic rings. The molecule has 4 heteroatoms. The maximum atomic E-state index is 11.8. The summed E-state index contributed by atoms with van der Waals surface area (Å²) < 4.78 is 0. The summed E-state index contributed by atoms with van der Waals surface area (Å²) in [6, 6.07) is 0. The van der Waals surface area contributed by atoms with Crippen LogP contribution in [-0.4, -0.2) is 48.7 Å². The van der Waals surface area contributed by atoms with Gasteiger partial charge in [0.25, 0.3) is 0 Å². The molecule has 19 heavy (non-hydrogen) atoms. The third-order valence-corrected chi connectivity index (χ3v) is 4.54. The molecule has 0 aromatic heterocycles. The number of piperidine rings is 1. The normalized spacial score (nSPS) is 25.6. The molecule has 1 aliphatic heterocycles. The minimum absolute atomic E-state index is 0.268.